The Bertz CT molecular complexity index is 917. The first-order chi connectivity index (χ1) is 13.2. The Balaban J connectivity index is 1.65. The molecule has 5 nitrogen and oxygen atoms in total. The van der Waals surface area contributed by atoms with Gasteiger partial charge in [-0.1, -0.05) is 26.0 Å². The SMILES string of the molecule is C[C@@H]1C[C@@H](C)CN(S(=O)(=O)c2ccc(NC(=O)Cc3ccc(F)cc3)cc2)C1. The van der Waals surface area contributed by atoms with Gasteiger partial charge >= 0.3 is 0 Å². The van der Waals surface area contributed by atoms with Crippen molar-refractivity contribution in [2.24, 2.45) is 11.8 Å². The van der Waals surface area contributed by atoms with Gasteiger partial charge in [-0.25, -0.2) is 12.8 Å². The monoisotopic (exact) mass is 404 g/mol. The van der Waals surface area contributed by atoms with E-state index in [0.29, 0.717) is 36.2 Å². The quantitative estimate of drug-likeness (QED) is 0.827. The second kappa shape index (κ2) is 8.41. The number of halogens is 1. The topological polar surface area (TPSA) is 66.5 Å². The number of hydrogen-bond acceptors (Lipinski definition) is 3. The minimum absolute atomic E-state index is 0.115. The fourth-order valence-electron chi connectivity index (χ4n) is 3.65. The number of nitrogens with zero attached hydrogens (tertiary/aromatic N) is 1. The van der Waals surface area contributed by atoms with Crippen LogP contribution < -0.4 is 5.32 Å². The maximum absolute atomic E-state index is 12.9. The Morgan fingerprint density at radius 1 is 1.04 bits per heavy atom. The van der Waals surface area contributed by atoms with Gasteiger partial charge in [0.15, 0.2) is 0 Å². The minimum atomic E-state index is -3.54. The molecule has 0 radical (unpaired) electrons. The molecule has 1 aliphatic heterocycles. The average Bonchev–Trinajstić information content (AvgIpc) is 2.63. The smallest absolute Gasteiger partial charge is 0.243 e. The molecule has 1 aliphatic rings. The molecule has 2 atom stereocenters. The van der Waals surface area contributed by atoms with Gasteiger partial charge in [-0.15, -0.1) is 0 Å². The predicted octanol–water partition coefficient (Wildman–Crippen LogP) is 3.67. The van der Waals surface area contributed by atoms with Crippen molar-refractivity contribution in [2.75, 3.05) is 18.4 Å². The number of rotatable bonds is 5. The highest BCUT2D eigenvalue weighted by Gasteiger charge is 2.31. The van der Waals surface area contributed by atoms with Crippen LogP contribution in [0.25, 0.3) is 0 Å². The summed E-state index contributed by atoms with van der Waals surface area (Å²) in [7, 11) is -3.54. The van der Waals surface area contributed by atoms with Crippen molar-refractivity contribution in [1.82, 2.24) is 4.31 Å². The summed E-state index contributed by atoms with van der Waals surface area (Å²) < 4.78 is 40.3. The molecular formula is C21H25FN2O3S. The van der Waals surface area contributed by atoms with Crippen LogP contribution in [0.15, 0.2) is 53.4 Å². The van der Waals surface area contributed by atoms with Crippen molar-refractivity contribution < 1.29 is 17.6 Å². The molecule has 150 valence electrons. The summed E-state index contributed by atoms with van der Waals surface area (Å²) in [5, 5.41) is 2.74. The highest BCUT2D eigenvalue weighted by Crippen LogP contribution is 2.27. The number of hydrogen-bond donors (Lipinski definition) is 1. The summed E-state index contributed by atoms with van der Waals surface area (Å²) in [6.07, 6.45) is 1.15. The molecule has 1 N–H and O–H groups in total. The summed E-state index contributed by atoms with van der Waals surface area (Å²) >= 11 is 0. The number of amides is 1. The van der Waals surface area contributed by atoms with Crippen LogP contribution in [-0.2, 0) is 21.2 Å². The van der Waals surface area contributed by atoms with Crippen LogP contribution in [0.2, 0.25) is 0 Å². The van der Waals surface area contributed by atoms with Gasteiger partial charge in [0.05, 0.1) is 11.3 Å². The van der Waals surface area contributed by atoms with E-state index in [1.807, 2.05) is 0 Å². The van der Waals surface area contributed by atoms with Crippen LogP contribution in [0.5, 0.6) is 0 Å². The number of sulfonamides is 1. The van der Waals surface area contributed by atoms with E-state index in [4.69, 9.17) is 0 Å². The van der Waals surface area contributed by atoms with Crippen LogP contribution in [0.3, 0.4) is 0 Å². The lowest BCUT2D eigenvalue weighted by Gasteiger charge is -2.34. The van der Waals surface area contributed by atoms with Gasteiger partial charge in [0, 0.05) is 18.8 Å². The number of nitrogens with one attached hydrogen (secondary N) is 1. The van der Waals surface area contributed by atoms with Crippen molar-refractivity contribution in [1.29, 1.82) is 0 Å². The molecule has 0 saturated carbocycles. The maximum atomic E-state index is 12.9. The van der Waals surface area contributed by atoms with E-state index in [1.54, 1.807) is 28.6 Å². The lowest BCUT2D eigenvalue weighted by Crippen LogP contribution is -2.42. The molecule has 28 heavy (non-hydrogen) atoms. The molecule has 0 unspecified atom stereocenters. The number of anilines is 1. The number of carbonyl (C=O) groups excluding carboxylic acids is 1. The summed E-state index contributed by atoms with van der Waals surface area (Å²) in [6, 6.07) is 12.0. The van der Waals surface area contributed by atoms with Crippen LogP contribution in [0, 0.1) is 17.7 Å². The van der Waals surface area contributed by atoms with Crippen molar-refractivity contribution in [3.8, 4) is 0 Å². The van der Waals surface area contributed by atoms with E-state index < -0.39 is 10.0 Å². The normalized spacial score (nSPS) is 20.7. The second-order valence-corrected chi connectivity index (χ2v) is 9.58. The Kier molecular flexibility index (Phi) is 6.15. The Morgan fingerprint density at radius 2 is 1.61 bits per heavy atom. The van der Waals surface area contributed by atoms with Gasteiger partial charge in [0.25, 0.3) is 0 Å². The molecule has 0 aliphatic carbocycles. The standard InChI is InChI=1S/C21H25FN2O3S/c1-15-11-16(2)14-24(13-15)28(26,27)20-9-7-19(8-10-20)23-21(25)12-17-3-5-18(22)6-4-17/h3-10,15-16H,11-14H2,1-2H3,(H,23,25)/t15-,16-/m1/s1. The molecule has 1 heterocycles. The summed E-state index contributed by atoms with van der Waals surface area (Å²) in [4.78, 5) is 12.4. The zero-order chi connectivity index (χ0) is 20.3. The molecular weight excluding hydrogens is 379 g/mol. The van der Waals surface area contributed by atoms with Crippen LogP contribution in [-0.4, -0.2) is 31.7 Å². The highest BCUT2D eigenvalue weighted by atomic mass is 32.2. The van der Waals surface area contributed by atoms with E-state index in [2.05, 4.69) is 19.2 Å². The lowest BCUT2D eigenvalue weighted by molar-refractivity contribution is -0.115. The van der Waals surface area contributed by atoms with Gasteiger partial charge in [-0.05, 0) is 60.2 Å². The first kappa shape index (κ1) is 20.5. The summed E-state index contributed by atoms with van der Waals surface area (Å²) in [5.41, 5.74) is 1.22. The highest BCUT2D eigenvalue weighted by molar-refractivity contribution is 7.89. The van der Waals surface area contributed by atoms with Gasteiger partial charge in [0.1, 0.15) is 5.82 Å². The number of benzene rings is 2. The van der Waals surface area contributed by atoms with E-state index in [9.17, 15) is 17.6 Å². The maximum Gasteiger partial charge on any atom is 0.243 e. The third-order valence-corrected chi connectivity index (χ3v) is 6.74. The van der Waals surface area contributed by atoms with Crippen molar-refractivity contribution in [3.05, 3.63) is 59.9 Å². The molecule has 0 spiro atoms. The molecule has 0 aromatic heterocycles. The van der Waals surface area contributed by atoms with Gasteiger partial charge < -0.3 is 5.32 Å². The number of piperidine rings is 1. The zero-order valence-electron chi connectivity index (χ0n) is 16.1. The molecule has 1 fully saturated rings. The molecule has 7 heteroatoms. The van der Waals surface area contributed by atoms with Crippen LogP contribution in [0.1, 0.15) is 25.8 Å². The molecule has 3 rings (SSSR count). The van der Waals surface area contributed by atoms with Gasteiger partial charge in [0.2, 0.25) is 15.9 Å². The third kappa shape index (κ3) is 4.97. The van der Waals surface area contributed by atoms with Gasteiger partial charge in [-0.2, -0.15) is 4.31 Å². The molecule has 2 aromatic rings. The zero-order valence-corrected chi connectivity index (χ0v) is 16.9. The molecule has 1 amide bonds. The van der Waals surface area contributed by atoms with E-state index in [1.165, 1.54) is 24.3 Å². The fraction of sp³-hybridized carbons (Fsp3) is 0.381. The Hall–Kier alpha value is -2.25. The Morgan fingerprint density at radius 3 is 2.18 bits per heavy atom. The number of carbonyl (C=O) groups is 1. The van der Waals surface area contributed by atoms with E-state index in [-0.39, 0.29) is 23.0 Å². The van der Waals surface area contributed by atoms with Crippen molar-refractivity contribution in [2.45, 2.75) is 31.6 Å². The Labute approximate surface area is 165 Å². The van der Waals surface area contributed by atoms with E-state index >= 15 is 0 Å². The van der Waals surface area contributed by atoms with Gasteiger partial charge in [-0.3, -0.25) is 4.79 Å². The molecule has 2 aromatic carbocycles. The fourth-order valence-corrected chi connectivity index (χ4v) is 5.33. The van der Waals surface area contributed by atoms with Crippen molar-refractivity contribution in [3.63, 3.8) is 0 Å². The van der Waals surface area contributed by atoms with E-state index in [0.717, 1.165) is 6.42 Å². The largest absolute Gasteiger partial charge is 0.326 e. The average molecular weight is 405 g/mol. The lowest BCUT2D eigenvalue weighted by atomic mass is 9.94. The molecule has 0 bridgehead atoms. The van der Waals surface area contributed by atoms with Crippen LogP contribution >= 0.6 is 0 Å². The summed E-state index contributed by atoms with van der Waals surface area (Å²) in [6.45, 7) is 5.20. The minimum Gasteiger partial charge on any atom is -0.326 e. The van der Waals surface area contributed by atoms with Crippen LogP contribution in [0.4, 0.5) is 10.1 Å². The molecule has 1 saturated heterocycles. The first-order valence-electron chi connectivity index (χ1n) is 9.38. The first-order valence-corrected chi connectivity index (χ1v) is 10.8. The predicted molar refractivity (Wildman–Crippen MR) is 107 cm³/mol. The third-order valence-electron chi connectivity index (χ3n) is 4.89. The summed E-state index contributed by atoms with van der Waals surface area (Å²) in [5.74, 6) is 0.0754. The van der Waals surface area contributed by atoms with Crippen molar-refractivity contribution >= 4 is 21.6 Å². The second-order valence-electron chi connectivity index (χ2n) is 7.64.